The average Bonchev–Trinajstić information content (AvgIpc) is 2.35. The summed E-state index contributed by atoms with van der Waals surface area (Å²) in [6.45, 7) is 2.17. The second kappa shape index (κ2) is 5.03. The fourth-order valence-electron chi connectivity index (χ4n) is 1.88. The van der Waals surface area contributed by atoms with E-state index in [1.165, 1.54) is 0 Å². The standard InChI is InChI=1S/C13H17N3/c1-2-3-7-11(14)13-10-6-4-5-8-12(10)15-9-16-13/h4-6,8-9,11H,2-3,7,14H2,1H3. The molecule has 0 amide bonds. The Labute approximate surface area is 95.7 Å². The minimum absolute atomic E-state index is 0.0212. The first-order valence-electron chi connectivity index (χ1n) is 5.78. The minimum atomic E-state index is 0.0212. The molecule has 3 nitrogen and oxygen atoms in total. The van der Waals surface area contributed by atoms with Gasteiger partial charge in [-0.3, -0.25) is 0 Å². The van der Waals surface area contributed by atoms with Crippen LogP contribution in [0.15, 0.2) is 30.6 Å². The van der Waals surface area contributed by atoms with Crippen molar-refractivity contribution in [3.8, 4) is 0 Å². The van der Waals surface area contributed by atoms with Crippen molar-refractivity contribution in [2.24, 2.45) is 5.73 Å². The quantitative estimate of drug-likeness (QED) is 0.853. The molecular weight excluding hydrogens is 198 g/mol. The minimum Gasteiger partial charge on any atom is -0.323 e. The summed E-state index contributed by atoms with van der Waals surface area (Å²) in [6, 6.07) is 8.04. The number of hydrogen-bond acceptors (Lipinski definition) is 3. The molecule has 0 spiro atoms. The van der Waals surface area contributed by atoms with Gasteiger partial charge < -0.3 is 5.73 Å². The molecule has 2 N–H and O–H groups in total. The molecule has 0 saturated heterocycles. The van der Waals surface area contributed by atoms with Crippen LogP contribution in [0.1, 0.15) is 37.9 Å². The molecule has 16 heavy (non-hydrogen) atoms. The highest BCUT2D eigenvalue weighted by atomic mass is 14.9. The van der Waals surface area contributed by atoms with Crippen LogP contribution in [0.2, 0.25) is 0 Å². The summed E-state index contributed by atoms with van der Waals surface area (Å²) in [4.78, 5) is 8.56. The van der Waals surface area contributed by atoms with Crippen LogP contribution in [0.4, 0.5) is 0 Å². The molecule has 2 rings (SSSR count). The van der Waals surface area contributed by atoms with Crippen LogP contribution < -0.4 is 5.73 Å². The van der Waals surface area contributed by atoms with Crippen LogP contribution in [-0.4, -0.2) is 9.97 Å². The van der Waals surface area contributed by atoms with Crippen molar-refractivity contribution in [2.45, 2.75) is 32.2 Å². The van der Waals surface area contributed by atoms with Crippen LogP contribution in [0, 0.1) is 0 Å². The van der Waals surface area contributed by atoms with Crippen molar-refractivity contribution >= 4 is 10.9 Å². The number of unbranched alkanes of at least 4 members (excludes halogenated alkanes) is 1. The highest BCUT2D eigenvalue weighted by molar-refractivity contribution is 5.80. The monoisotopic (exact) mass is 215 g/mol. The summed E-state index contributed by atoms with van der Waals surface area (Å²) < 4.78 is 0. The lowest BCUT2D eigenvalue weighted by Crippen LogP contribution is -2.12. The molecule has 1 unspecified atom stereocenters. The van der Waals surface area contributed by atoms with E-state index in [9.17, 15) is 0 Å². The Kier molecular flexibility index (Phi) is 3.47. The zero-order valence-corrected chi connectivity index (χ0v) is 9.56. The molecule has 0 aliphatic heterocycles. The van der Waals surface area contributed by atoms with E-state index in [0.29, 0.717) is 0 Å². The first-order chi connectivity index (χ1) is 7.83. The van der Waals surface area contributed by atoms with Crippen LogP contribution in [0.3, 0.4) is 0 Å². The predicted molar refractivity (Wildman–Crippen MR) is 66.0 cm³/mol. The number of rotatable bonds is 4. The molecule has 2 aromatic rings. The van der Waals surface area contributed by atoms with Gasteiger partial charge in [-0.1, -0.05) is 38.0 Å². The van der Waals surface area contributed by atoms with E-state index in [4.69, 9.17) is 5.73 Å². The molecule has 0 aliphatic rings. The molecule has 1 aromatic heterocycles. The Morgan fingerprint density at radius 3 is 2.88 bits per heavy atom. The second-order valence-electron chi connectivity index (χ2n) is 4.02. The Hall–Kier alpha value is -1.48. The first-order valence-corrected chi connectivity index (χ1v) is 5.78. The summed E-state index contributed by atoms with van der Waals surface area (Å²) in [6.07, 6.45) is 4.89. The van der Waals surface area contributed by atoms with E-state index in [-0.39, 0.29) is 6.04 Å². The van der Waals surface area contributed by atoms with Gasteiger partial charge in [0.1, 0.15) is 6.33 Å². The predicted octanol–water partition coefficient (Wildman–Crippen LogP) is 2.82. The summed E-state index contributed by atoms with van der Waals surface area (Å²) in [7, 11) is 0. The van der Waals surface area contributed by atoms with Crippen LogP contribution in [0.5, 0.6) is 0 Å². The lowest BCUT2D eigenvalue weighted by atomic mass is 10.0. The smallest absolute Gasteiger partial charge is 0.116 e. The molecule has 1 aromatic carbocycles. The SMILES string of the molecule is CCCCC(N)c1ncnc2ccccc12. The Morgan fingerprint density at radius 2 is 2.06 bits per heavy atom. The highest BCUT2D eigenvalue weighted by Gasteiger charge is 2.10. The van der Waals surface area contributed by atoms with E-state index < -0.39 is 0 Å². The molecule has 0 fully saturated rings. The Morgan fingerprint density at radius 1 is 1.25 bits per heavy atom. The van der Waals surface area contributed by atoms with Crippen molar-refractivity contribution in [1.29, 1.82) is 0 Å². The van der Waals surface area contributed by atoms with E-state index in [1.807, 2.05) is 24.3 Å². The maximum absolute atomic E-state index is 6.16. The van der Waals surface area contributed by atoms with E-state index in [1.54, 1.807) is 6.33 Å². The lowest BCUT2D eigenvalue weighted by molar-refractivity contribution is 0.593. The third-order valence-corrected chi connectivity index (χ3v) is 2.79. The third kappa shape index (κ3) is 2.19. The number of nitrogens with zero attached hydrogens (tertiary/aromatic N) is 2. The number of benzene rings is 1. The van der Waals surface area contributed by atoms with Crippen molar-refractivity contribution in [3.63, 3.8) is 0 Å². The van der Waals surface area contributed by atoms with E-state index in [2.05, 4.69) is 16.9 Å². The average molecular weight is 215 g/mol. The van der Waals surface area contributed by atoms with Gasteiger partial charge in [-0.25, -0.2) is 9.97 Å². The molecule has 0 saturated carbocycles. The number of hydrogen-bond donors (Lipinski definition) is 1. The van der Waals surface area contributed by atoms with Gasteiger partial charge in [0.15, 0.2) is 0 Å². The number of fused-ring (bicyclic) bond motifs is 1. The molecule has 1 atom stereocenters. The number of para-hydroxylation sites is 1. The van der Waals surface area contributed by atoms with Gasteiger partial charge in [0.25, 0.3) is 0 Å². The van der Waals surface area contributed by atoms with Gasteiger partial charge in [-0.2, -0.15) is 0 Å². The molecule has 0 aliphatic carbocycles. The van der Waals surface area contributed by atoms with Gasteiger partial charge >= 0.3 is 0 Å². The maximum Gasteiger partial charge on any atom is 0.116 e. The summed E-state index contributed by atoms with van der Waals surface area (Å²) in [5, 5.41) is 1.08. The summed E-state index contributed by atoms with van der Waals surface area (Å²) in [5.74, 6) is 0. The Bertz CT molecular complexity index is 462. The fraction of sp³-hybridized carbons (Fsp3) is 0.385. The third-order valence-electron chi connectivity index (χ3n) is 2.79. The van der Waals surface area contributed by atoms with Gasteiger partial charge in [-0.15, -0.1) is 0 Å². The van der Waals surface area contributed by atoms with Crippen molar-refractivity contribution in [3.05, 3.63) is 36.3 Å². The highest BCUT2D eigenvalue weighted by Crippen LogP contribution is 2.22. The van der Waals surface area contributed by atoms with Gasteiger partial charge in [0.05, 0.1) is 11.2 Å². The first kappa shape index (κ1) is 11.0. The lowest BCUT2D eigenvalue weighted by Gasteiger charge is -2.12. The largest absolute Gasteiger partial charge is 0.323 e. The molecule has 1 heterocycles. The second-order valence-corrected chi connectivity index (χ2v) is 4.02. The summed E-state index contributed by atoms with van der Waals surface area (Å²) >= 11 is 0. The van der Waals surface area contributed by atoms with Gasteiger partial charge in [0.2, 0.25) is 0 Å². The topological polar surface area (TPSA) is 51.8 Å². The van der Waals surface area contributed by atoms with Gasteiger partial charge in [-0.05, 0) is 12.5 Å². The zero-order chi connectivity index (χ0) is 11.4. The molecule has 3 heteroatoms. The van der Waals surface area contributed by atoms with Crippen molar-refractivity contribution < 1.29 is 0 Å². The van der Waals surface area contributed by atoms with E-state index in [0.717, 1.165) is 35.9 Å². The number of aromatic nitrogens is 2. The normalized spacial score (nSPS) is 12.9. The Balaban J connectivity index is 2.36. The van der Waals surface area contributed by atoms with Crippen LogP contribution in [0.25, 0.3) is 10.9 Å². The molecular formula is C13H17N3. The van der Waals surface area contributed by atoms with Crippen molar-refractivity contribution in [1.82, 2.24) is 9.97 Å². The summed E-state index contributed by atoms with van der Waals surface area (Å²) in [5.41, 5.74) is 8.10. The van der Waals surface area contributed by atoms with Crippen LogP contribution in [-0.2, 0) is 0 Å². The zero-order valence-electron chi connectivity index (χ0n) is 9.56. The number of nitrogens with two attached hydrogens (primary N) is 1. The molecule has 84 valence electrons. The van der Waals surface area contributed by atoms with E-state index >= 15 is 0 Å². The van der Waals surface area contributed by atoms with Gasteiger partial charge in [0, 0.05) is 11.4 Å². The fourth-order valence-corrected chi connectivity index (χ4v) is 1.88. The van der Waals surface area contributed by atoms with Crippen molar-refractivity contribution in [2.75, 3.05) is 0 Å². The molecule has 0 radical (unpaired) electrons. The maximum atomic E-state index is 6.16. The molecule has 0 bridgehead atoms. The van der Waals surface area contributed by atoms with Crippen LogP contribution >= 0.6 is 0 Å².